The smallest absolute Gasteiger partial charge is 0.278 e. The van der Waals surface area contributed by atoms with Gasteiger partial charge in [0.2, 0.25) is 5.43 Å². The van der Waals surface area contributed by atoms with Crippen molar-refractivity contribution in [3.63, 3.8) is 0 Å². The van der Waals surface area contributed by atoms with E-state index in [1.165, 1.54) is 16.9 Å². The zero-order valence-corrected chi connectivity index (χ0v) is 17.1. The summed E-state index contributed by atoms with van der Waals surface area (Å²) < 4.78 is 28.3. The van der Waals surface area contributed by atoms with Crippen molar-refractivity contribution >= 4 is 11.8 Å². The number of aromatic hydroxyl groups is 1. The number of carbonyl (C=O) groups excluding carboxylic acids is 2. The molecule has 1 fully saturated rings. The summed E-state index contributed by atoms with van der Waals surface area (Å²) >= 11 is 0. The van der Waals surface area contributed by atoms with Crippen LogP contribution in [0.5, 0.6) is 5.75 Å². The lowest BCUT2D eigenvalue weighted by Gasteiger charge is -2.44. The Labute approximate surface area is 176 Å². The molecule has 10 heteroatoms. The van der Waals surface area contributed by atoms with Gasteiger partial charge in [-0.3, -0.25) is 24.1 Å². The molecule has 3 heterocycles. The molecule has 0 radical (unpaired) electrons. The predicted molar refractivity (Wildman–Crippen MR) is 107 cm³/mol. The van der Waals surface area contributed by atoms with E-state index in [9.17, 15) is 28.3 Å². The summed E-state index contributed by atoms with van der Waals surface area (Å²) in [6.07, 6.45) is 1.78. The van der Waals surface area contributed by atoms with Crippen molar-refractivity contribution in [1.29, 1.82) is 0 Å². The minimum Gasteiger partial charge on any atom is -0.502 e. The van der Waals surface area contributed by atoms with Gasteiger partial charge in [-0.2, -0.15) is 0 Å². The number of nitrogens with zero attached hydrogens (tertiary/aromatic N) is 3. The lowest BCUT2D eigenvalue weighted by molar-refractivity contribution is 0.0559. The zero-order valence-electron chi connectivity index (χ0n) is 17.1. The number of carbonyl (C=O) groups is 2. The Morgan fingerprint density at radius 3 is 2.71 bits per heavy atom. The Hall–Kier alpha value is -3.43. The second-order valence-corrected chi connectivity index (χ2v) is 7.77. The van der Waals surface area contributed by atoms with E-state index in [0.717, 1.165) is 12.5 Å². The number of nitrogens with one attached hydrogen (secondary N) is 1. The van der Waals surface area contributed by atoms with Gasteiger partial charge < -0.3 is 15.3 Å². The Morgan fingerprint density at radius 2 is 2.03 bits per heavy atom. The van der Waals surface area contributed by atoms with Crippen molar-refractivity contribution in [2.75, 3.05) is 18.1 Å². The third-order valence-electron chi connectivity index (χ3n) is 5.89. The number of aromatic nitrogens is 1. The summed E-state index contributed by atoms with van der Waals surface area (Å²) in [4.78, 5) is 39.9. The topological polar surface area (TPSA) is 94.9 Å². The third-order valence-corrected chi connectivity index (χ3v) is 5.89. The van der Waals surface area contributed by atoms with E-state index in [2.05, 4.69) is 5.32 Å². The van der Waals surface area contributed by atoms with Gasteiger partial charge in [0.1, 0.15) is 23.4 Å². The molecule has 0 saturated carbocycles. The Bertz CT molecular complexity index is 1130. The first-order valence-corrected chi connectivity index (χ1v) is 10.0. The highest BCUT2D eigenvalue weighted by Crippen LogP contribution is 2.33. The maximum absolute atomic E-state index is 13.8. The number of halogens is 2. The monoisotopic (exact) mass is 432 g/mol. The fraction of sp³-hybridized carbons (Fsp3) is 0.381. The van der Waals surface area contributed by atoms with Crippen LogP contribution in [0.25, 0.3) is 0 Å². The van der Waals surface area contributed by atoms with Crippen LogP contribution in [0, 0.1) is 17.6 Å². The number of amides is 2. The fourth-order valence-electron chi connectivity index (χ4n) is 4.29. The van der Waals surface area contributed by atoms with E-state index in [1.807, 2.05) is 18.9 Å². The van der Waals surface area contributed by atoms with Gasteiger partial charge in [0.05, 0.1) is 0 Å². The van der Waals surface area contributed by atoms with E-state index in [4.69, 9.17) is 0 Å². The average Bonchev–Trinajstić information content (AvgIpc) is 3.11. The molecule has 2 atom stereocenters. The lowest BCUT2D eigenvalue weighted by atomic mass is 10.1. The maximum atomic E-state index is 13.8. The van der Waals surface area contributed by atoms with Gasteiger partial charge in [0, 0.05) is 37.5 Å². The SMILES string of the molecule is CCN1C(=O)c2c(O)c(=O)c(C(=O)NCc3ccc(F)cc3F)cn2N2CC[C@H](C)[C@@H]12. The van der Waals surface area contributed by atoms with Gasteiger partial charge in [-0.1, -0.05) is 13.0 Å². The van der Waals surface area contributed by atoms with Crippen LogP contribution in [-0.4, -0.2) is 45.8 Å². The van der Waals surface area contributed by atoms with E-state index in [0.29, 0.717) is 19.2 Å². The summed E-state index contributed by atoms with van der Waals surface area (Å²) in [7, 11) is 0. The quantitative estimate of drug-likeness (QED) is 0.765. The van der Waals surface area contributed by atoms with E-state index in [-0.39, 0.29) is 35.4 Å². The molecule has 0 aliphatic carbocycles. The van der Waals surface area contributed by atoms with Crippen LogP contribution >= 0.6 is 0 Å². The van der Waals surface area contributed by atoms with Crippen molar-refractivity contribution in [2.24, 2.45) is 5.92 Å². The number of rotatable bonds is 4. The highest BCUT2D eigenvalue weighted by atomic mass is 19.1. The fourth-order valence-corrected chi connectivity index (χ4v) is 4.29. The van der Waals surface area contributed by atoms with Crippen LogP contribution in [-0.2, 0) is 6.54 Å². The molecule has 1 aromatic heterocycles. The second kappa shape index (κ2) is 7.68. The molecule has 0 bridgehead atoms. The van der Waals surface area contributed by atoms with Crippen molar-refractivity contribution in [2.45, 2.75) is 33.0 Å². The standard InChI is InChI=1S/C21H22F2N4O4/c1-3-25-20-11(2)6-7-26(20)27-10-14(17(28)18(29)16(27)21(25)31)19(30)24-9-12-4-5-13(22)8-15(12)23/h4-5,8,10-11,20,29H,3,6-7,9H2,1-2H3,(H,24,30)/t11-,20-/m0/s1. The highest BCUT2D eigenvalue weighted by molar-refractivity contribution is 5.99. The number of hydrogen-bond acceptors (Lipinski definition) is 5. The van der Waals surface area contributed by atoms with Gasteiger partial charge in [-0.05, 0) is 25.3 Å². The molecule has 2 N–H and O–H groups in total. The molecule has 2 amide bonds. The maximum Gasteiger partial charge on any atom is 0.278 e. The number of pyridine rings is 1. The second-order valence-electron chi connectivity index (χ2n) is 7.77. The average molecular weight is 432 g/mol. The zero-order chi connectivity index (χ0) is 22.4. The van der Waals surface area contributed by atoms with Gasteiger partial charge in [0.15, 0.2) is 11.4 Å². The Balaban J connectivity index is 1.69. The summed E-state index contributed by atoms with van der Waals surface area (Å²) in [6, 6.07) is 2.95. The first-order chi connectivity index (χ1) is 14.7. The molecule has 2 aliphatic heterocycles. The Kier molecular flexibility index (Phi) is 5.16. The minimum atomic E-state index is -0.988. The third kappa shape index (κ3) is 3.31. The molecule has 0 spiro atoms. The number of fused-ring (bicyclic) bond motifs is 3. The molecule has 4 rings (SSSR count). The van der Waals surface area contributed by atoms with Crippen LogP contribution in [0.15, 0.2) is 29.2 Å². The van der Waals surface area contributed by atoms with Gasteiger partial charge in [-0.25, -0.2) is 8.78 Å². The molecule has 1 saturated heterocycles. The summed E-state index contributed by atoms with van der Waals surface area (Å²) in [5.74, 6) is -3.53. The summed E-state index contributed by atoms with van der Waals surface area (Å²) in [5.41, 5.74) is -1.50. The molecule has 2 aliphatic rings. The van der Waals surface area contributed by atoms with Crippen LogP contribution < -0.4 is 15.8 Å². The van der Waals surface area contributed by atoms with E-state index >= 15 is 0 Å². The van der Waals surface area contributed by atoms with Crippen molar-refractivity contribution in [3.8, 4) is 5.75 Å². The predicted octanol–water partition coefficient (Wildman–Crippen LogP) is 1.54. The number of benzene rings is 1. The largest absolute Gasteiger partial charge is 0.502 e. The van der Waals surface area contributed by atoms with Crippen molar-refractivity contribution in [1.82, 2.24) is 14.9 Å². The van der Waals surface area contributed by atoms with Crippen LogP contribution in [0.3, 0.4) is 0 Å². The van der Waals surface area contributed by atoms with Gasteiger partial charge in [0.25, 0.3) is 11.8 Å². The molecular formula is C21H22F2N4O4. The number of hydrogen-bond donors (Lipinski definition) is 2. The van der Waals surface area contributed by atoms with Crippen LogP contribution in [0.4, 0.5) is 8.78 Å². The summed E-state index contributed by atoms with van der Waals surface area (Å²) in [6.45, 7) is 4.54. The van der Waals surface area contributed by atoms with Crippen LogP contribution in [0.2, 0.25) is 0 Å². The minimum absolute atomic E-state index is 0.0410. The van der Waals surface area contributed by atoms with E-state index in [1.54, 1.807) is 4.90 Å². The molecule has 2 aromatic rings. The van der Waals surface area contributed by atoms with Gasteiger partial charge in [-0.15, -0.1) is 0 Å². The van der Waals surface area contributed by atoms with Gasteiger partial charge >= 0.3 is 0 Å². The first-order valence-electron chi connectivity index (χ1n) is 10.0. The molecular weight excluding hydrogens is 410 g/mol. The molecule has 8 nitrogen and oxygen atoms in total. The normalized spacial score (nSPS) is 19.9. The molecule has 31 heavy (non-hydrogen) atoms. The highest BCUT2D eigenvalue weighted by Gasteiger charge is 2.45. The summed E-state index contributed by atoms with van der Waals surface area (Å²) in [5, 5.41) is 14.8. The molecule has 1 aromatic carbocycles. The molecule has 164 valence electrons. The lowest BCUT2D eigenvalue weighted by Crippen LogP contribution is -2.60. The van der Waals surface area contributed by atoms with Crippen LogP contribution in [0.1, 0.15) is 46.7 Å². The van der Waals surface area contributed by atoms with Crippen molar-refractivity contribution in [3.05, 3.63) is 63.1 Å². The Morgan fingerprint density at radius 1 is 1.29 bits per heavy atom. The van der Waals surface area contributed by atoms with Crippen molar-refractivity contribution < 1.29 is 23.5 Å². The molecule has 0 unspecified atom stereocenters. The first kappa shape index (κ1) is 20.8. The van der Waals surface area contributed by atoms with E-state index < -0.39 is 34.6 Å².